The van der Waals surface area contributed by atoms with E-state index in [0.29, 0.717) is 22.9 Å². The lowest BCUT2D eigenvalue weighted by Crippen LogP contribution is -2.35. The van der Waals surface area contributed by atoms with Crippen molar-refractivity contribution >= 4 is 27.5 Å². The van der Waals surface area contributed by atoms with Gasteiger partial charge in [0.05, 0.1) is 14.7 Å². The van der Waals surface area contributed by atoms with Crippen molar-refractivity contribution in [1.82, 2.24) is 4.31 Å². The summed E-state index contributed by atoms with van der Waals surface area (Å²) in [6, 6.07) is 9.50. The highest BCUT2D eigenvalue weighted by atomic mass is 32.2. The zero-order chi connectivity index (χ0) is 18.7. The number of nitro groups is 1. The van der Waals surface area contributed by atoms with E-state index >= 15 is 0 Å². The molecule has 0 spiro atoms. The van der Waals surface area contributed by atoms with Gasteiger partial charge in [-0.05, 0) is 49.2 Å². The molecule has 2 aromatic rings. The molecule has 1 heterocycles. The van der Waals surface area contributed by atoms with Crippen LogP contribution in [-0.4, -0.2) is 30.7 Å². The largest absolute Gasteiger partial charge is 0.284 e. The molecule has 1 fully saturated rings. The SMILES string of the molecule is O=[N+]([O-])c1cc(S(=O)(=O)N2CCCCC2)ccc1Sc1ccc(F)cc1. The second-order valence-electron chi connectivity index (χ2n) is 5.91. The van der Waals surface area contributed by atoms with Gasteiger partial charge < -0.3 is 0 Å². The Bertz CT molecular complexity index is 911. The van der Waals surface area contributed by atoms with Crippen LogP contribution in [0.1, 0.15) is 19.3 Å². The maximum absolute atomic E-state index is 13.0. The molecule has 0 N–H and O–H groups in total. The third-order valence-corrected chi connectivity index (χ3v) is 7.09. The Balaban J connectivity index is 1.93. The van der Waals surface area contributed by atoms with Gasteiger partial charge in [0, 0.05) is 24.1 Å². The van der Waals surface area contributed by atoms with Crippen molar-refractivity contribution in [3.8, 4) is 0 Å². The number of benzene rings is 2. The zero-order valence-corrected chi connectivity index (χ0v) is 15.4. The molecule has 0 bridgehead atoms. The molecule has 3 rings (SSSR count). The zero-order valence-electron chi connectivity index (χ0n) is 13.8. The molecule has 0 aromatic heterocycles. The maximum Gasteiger partial charge on any atom is 0.284 e. The second-order valence-corrected chi connectivity index (χ2v) is 8.96. The van der Waals surface area contributed by atoms with E-state index in [-0.39, 0.29) is 10.6 Å². The van der Waals surface area contributed by atoms with Crippen LogP contribution in [0.5, 0.6) is 0 Å². The number of piperidine rings is 1. The van der Waals surface area contributed by atoms with Crippen LogP contribution in [0.2, 0.25) is 0 Å². The highest BCUT2D eigenvalue weighted by molar-refractivity contribution is 7.99. The topological polar surface area (TPSA) is 80.5 Å². The van der Waals surface area contributed by atoms with Gasteiger partial charge in [0.2, 0.25) is 10.0 Å². The number of sulfonamides is 1. The average Bonchev–Trinajstić information content (AvgIpc) is 2.64. The minimum atomic E-state index is -3.74. The normalized spacial score (nSPS) is 15.7. The summed E-state index contributed by atoms with van der Waals surface area (Å²) in [6.45, 7) is 0.865. The van der Waals surface area contributed by atoms with E-state index in [0.717, 1.165) is 37.1 Å². The molecule has 1 aliphatic heterocycles. The van der Waals surface area contributed by atoms with Gasteiger partial charge in [-0.2, -0.15) is 4.31 Å². The first kappa shape index (κ1) is 18.8. The van der Waals surface area contributed by atoms with Crippen LogP contribution >= 0.6 is 11.8 Å². The van der Waals surface area contributed by atoms with Gasteiger partial charge in [0.15, 0.2) is 0 Å². The molecular formula is C17H17FN2O4S2. The van der Waals surface area contributed by atoms with E-state index in [4.69, 9.17) is 0 Å². The van der Waals surface area contributed by atoms with Crippen LogP contribution in [0.3, 0.4) is 0 Å². The monoisotopic (exact) mass is 396 g/mol. The quantitative estimate of drug-likeness (QED) is 0.562. The van der Waals surface area contributed by atoms with Crippen molar-refractivity contribution in [3.63, 3.8) is 0 Å². The van der Waals surface area contributed by atoms with Crippen LogP contribution in [0.15, 0.2) is 57.2 Å². The van der Waals surface area contributed by atoms with Gasteiger partial charge in [-0.15, -0.1) is 0 Å². The van der Waals surface area contributed by atoms with E-state index in [1.54, 1.807) is 0 Å². The predicted molar refractivity (Wildman–Crippen MR) is 96.2 cm³/mol. The number of rotatable bonds is 5. The van der Waals surface area contributed by atoms with E-state index in [1.165, 1.54) is 40.7 Å². The molecule has 2 aromatic carbocycles. The first-order valence-electron chi connectivity index (χ1n) is 8.10. The summed E-state index contributed by atoms with van der Waals surface area (Å²) in [5.41, 5.74) is -0.280. The fourth-order valence-electron chi connectivity index (χ4n) is 2.77. The maximum atomic E-state index is 13.0. The van der Waals surface area contributed by atoms with E-state index in [1.807, 2.05) is 0 Å². The van der Waals surface area contributed by atoms with Crippen LogP contribution in [-0.2, 0) is 10.0 Å². The molecule has 0 radical (unpaired) electrons. The number of halogens is 1. The molecular weight excluding hydrogens is 379 g/mol. The first-order valence-corrected chi connectivity index (χ1v) is 10.4. The Kier molecular flexibility index (Phi) is 5.59. The lowest BCUT2D eigenvalue weighted by Gasteiger charge is -2.25. The summed E-state index contributed by atoms with van der Waals surface area (Å²) in [5, 5.41) is 11.4. The molecule has 6 nitrogen and oxygen atoms in total. The van der Waals surface area contributed by atoms with Crippen LogP contribution < -0.4 is 0 Å². The molecule has 138 valence electrons. The molecule has 9 heteroatoms. The van der Waals surface area contributed by atoms with Crippen molar-refractivity contribution in [2.75, 3.05) is 13.1 Å². The summed E-state index contributed by atoms with van der Waals surface area (Å²) >= 11 is 1.09. The standard InChI is InChI=1S/C17H17FN2O4S2/c18-13-4-6-14(7-5-13)25-17-9-8-15(12-16(17)20(21)22)26(23,24)19-10-2-1-3-11-19/h4-9,12H,1-3,10-11H2. The van der Waals surface area contributed by atoms with Gasteiger partial charge in [-0.1, -0.05) is 18.2 Å². The number of hydrogen-bond donors (Lipinski definition) is 0. The van der Waals surface area contributed by atoms with E-state index in [9.17, 15) is 22.9 Å². The van der Waals surface area contributed by atoms with Gasteiger partial charge >= 0.3 is 0 Å². The highest BCUT2D eigenvalue weighted by Crippen LogP contribution is 2.36. The molecule has 26 heavy (non-hydrogen) atoms. The van der Waals surface area contributed by atoms with Gasteiger partial charge in [0.25, 0.3) is 5.69 Å². The summed E-state index contributed by atoms with van der Waals surface area (Å²) in [7, 11) is -3.74. The van der Waals surface area contributed by atoms with Gasteiger partial charge in [0.1, 0.15) is 5.82 Å². The fourth-order valence-corrected chi connectivity index (χ4v) is 5.21. The molecule has 1 saturated heterocycles. The lowest BCUT2D eigenvalue weighted by atomic mass is 10.2. The van der Waals surface area contributed by atoms with Crippen LogP contribution in [0.25, 0.3) is 0 Å². The van der Waals surface area contributed by atoms with Gasteiger partial charge in [-0.3, -0.25) is 10.1 Å². The molecule has 0 unspecified atom stereocenters. The summed E-state index contributed by atoms with van der Waals surface area (Å²) in [6.07, 6.45) is 2.57. The Morgan fingerprint density at radius 1 is 1.04 bits per heavy atom. The van der Waals surface area contributed by atoms with Crippen LogP contribution in [0, 0.1) is 15.9 Å². The third-order valence-electron chi connectivity index (χ3n) is 4.12. The summed E-state index contributed by atoms with van der Waals surface area (Å²) in [4.78, 5) is 11.7. The Morgan fingerprint density at radius 2 is 1.69 bits per heavy atom. The molecule has 0 aliphatic carbocycles. The molecule has 0 saturated carbocycles. The van der Waals surface area contributed by atoms with Crippen molar-refractivity contribution in [2.45, 2.75) is 33.9 Å². The average molecular weight is 396 g/mol. The van der Waals surface area contributed by atoms with Crippen molar-refractivity contribution < 1.29 is 17.7 Å². The molecule has 1 aliphatic rings. The Hall–Kier alpha value is -1.97. The minimum Gasteiger partial charge on any atom is -0.258 e. The third kappa shape index (κ3) is 4.05. The van der Waals surface area contributed by atoms with Crippen molar-refractivity contribution in [2.24, 2.45) is 0 Å². The number of hydrogen-bond acceptors (Lipinski definition) is 5. The fraction of sp³-hybridized carbons (Fsp3) is 0.294. The van der Waals surface area contributed by atoms with Crippen molar-refractivity contribution in [1.29, 1.82) is 0 Å². The Labute approximate surface area is 155 Å². The second kappa shape index (κ2) is 7.73. The van der Waals surface area contributed by atoms with Crippen molar-refractivity contribution in [3.05, 3.63) is 58.4 Å². The Morgan fingerprint density at radius 3 is 2.31 bits per heavy atom. The van der Waals surface area contributed by atoms with Crippen LogP contribution in [0.4, 0.5) is 10.1 Å². The molecule has 0 amide bonds. The molecule has 0 atom stereocenters. The lowest BCUT2D eigenvalue weighted by molar-refractivity contribution is -0.388. The summed E-state index contributed by atoms with van der Waals surface area (Å²) < 4.78 is 39.8. The highest BCUT2D eigenvalue weighted by Gasteiger charge is 2.28. The first-order chi connectivity index (χ1) is 12.4. The summed E-state index contributed by atoms with van der Waals surface area (Å²) in [5.74, 6) is -0.396. The predicted octanol–water partition coefficient (Wildman–Crippen LogP) is 4.06. The van der Waals surface area contributed by atoms with E-state index < -0.39 is 20.8 Å². The number of nitro benzene ring substituents is 1. The number of nitrogens with zero attached hydrogens (tertiary/aromatic N) is 2. The van der Waals surface area contributed by atoms with E-state index in [2.05, 4.69) is 0 Å². The van der Waals surface area contributed by atoms with Gasteiger partial charge in [-0.25, -0.2) is 12.8 Å². The minimum absolute atomic E-state index is 0.0745. The smallest absolute Gasteiger partial charge is 0.258 e.